The van der Waals surface area contributed by atoms with Crippen LogP contribution in [0.5, 0.6) is 0 Å². The summed E-state index contributed by atoms with van der Waals surface area (Å²) >= 11 is 0. The SMILES string of the molecule is O=C1CC=NN1c1ccoc1. The van der Waals surface area contributed by atoms with Crippen molar-refractivity contribution in [2.45, 2.75) is 6.42 Å². The van der Waals surface area contributed by atoms with Crippen LogP contribution in [0.15, 0.2) is 28.1 Å². The molecule has 0 aromatic carbocycles. The van der Waals surface area contributed by atoms with Crippen LogP contribution >= 0.6 is 0 Å². The maximum Gasteiger partial charge on any atom is 0.252 e. The van der Waals surface area contributed by atoms with Crippen molar-refractivity contribution in [2.75, 3.05) is 5.01 Å². The molecule has 11 heavy (non-hydrogen) atoms. The van der Waals surface area contributed by atoms with Crippen molar-refractivity contribution in [3.05, 3.63) is 18.6 Å². The second-order valence-electron chi connectivity index (χ2n) is 2.19. The molecule has 0 unspecified atom stereocenters. The third-order valence-corrected chi connectivity index (χ3v) is 1.45. The van der Waals surface area contributed by atoms with Crippen LogP contribution in [0, 0.1) is 0 Å². The maximum atomic E-state index is 11.0. The Labute approximate surface area is 63.1 Å². The van der Waals surface area contributed by atoms with Crippen molar-refractivity contribution in [2.24, 2.45) is 5.10 Å². The predicted octanol–water partition coefficient (Wildman–Crippen LogP) is 1.00. The van der Waals surface area contributed by atoms with Gasteiger partial charge in [0.05, 0.1) is 12.7 Å². The third kappa shape index (κ3) is 0.920. The molecule has 56 valence electrons. The van der Waals surface area contributed by atoms with Crippen LogP contribution in [-0.2, 0) is 4.79 Å². The van der Waals surface area contributed by atoms with Crippen molar-refractivity contribution in [3.8, 4) is 0 Å². The molecule has 1 aliphatic rings. The lowest BCUT2D eigenvalue weighted by molar-refractivity contribution is -0.116. The number of hydrogen-bond acceptors (Lipinski definition) is 3. The fourth-order valence-corrected chi connectivity index (χ4v) is 0.940. The highest BCUT2D eigenvalue weighted by Crippen LogP contribution is 2.17. The van der Waals surface area contributed by atoms with Crippen LogP contribution in [0.1, 0.15) is 6.42 Å². The van der Waals surface area contributed by atoms with Crippen molar-refractivity contribution < 1.29 is 9.21 Å². The summed E-state index contributed by atoms with van der Waals surface area (Å²) in [7, 11) is 0. The zero-order valence-electron chi connectivity index (χ0n) is 5.73. The van der Waals surface area contributed by atoms with E-state index >= 15 is 0 Å². The van der Waals surface area contributed by atoms with Gasteiger partial charge < -0.3 is 4.42 Å². The Bertz CT molecular complexity index is 289. The summed E-state index contributed by atoms with van der Waals surface area (Å²) in [4.78, 5) is 11.0. The molecule has 0 saturated heterocycles. The molecule has 1 aromatic heterocycles. The number of hydrazone groups is 1. The van der Waals surface area contributed by atoms with E-state index in [4.69, 9.17) is 4.42 Å². The fourth-order valence-electron chi connectivity index (χ4n) is 0.940. The number of rotatable bonds is 1. The molecule has 0 atom stereocenters. The van der Waals surface area contributed by atoms with E-state index in [1.807, 2.05) is 0 Å². The molecule has 0 fully saturated rings. The van der Waals surface area contributed by atoms with Gasteiger partial charge in [-0.05, 0) is 0 Å². The fraction of sp³-hybridized carbons (Fsp3) is 0.143. The quantitative estimate of drug-likeness (QED) is 0.599. The highest BCUT2D eigenvalue weighted by molar-refractivity contribution is 6.05. The lowest BCUT2D eigenvalue weighted by atomic mass is 10.4. The van der Waals surface area contributed by atoms with Gasteiger partial charge >= 0.3 is 0 Å². The van der Waals surface area contributed by atoms with Gasteiger partial charge in [-0.2, -0.15) is 10.1 Å². The van der Waals surface area contributed by atoms with Crippen LogP contribution in [0.4, 0.5) is 5.69 Å². The lowest BCUT2D eigenvalue weighted by Crippen LogP contribution is -2.18. The molecule has 0 spiro atoms. The van der Waals surface area contributed by atoms with Crippen LogP contribution in [0.25, 0.3) is 0 Å². The molecule has 0 aliphatic carbocycles. The molecule has 4 nitrogen and oxygen atoms in total. The van der Waals surface area contributed by atoms with Gasteiger partial charge in [-0.15, -0.1) is 0 Å². The van der Waals surface area contributed by atoms with Gasteiger partial charge in [0, 0.05) is 12.3 Å². The van der Waals surface area contributed by atoms with Gasteiger partial charge in [-0.1, -0.05) is 0 Å². The highest BCUT2D eigenvalue weighted by atomic mass is 16.3. The minimum absolute atomic E-state index is 0.0219. The zero-order chi connectivity index (χ0) is 7.68. The molecule has 0 N–H and O–H groups in total. The monoisotopic (exact) mass is 150 g/mol. The van der Waals surface area contributed by atoms with Crippen LogP contribution in [0.2, 0.25) is 0 Å². The standard InChI is InChI=1S/C7H6N2O2/c10-7-1-3-8-9(7)6-2-4-11-5-6/h2-5H,1H2. The van der Waals surface area contributed by atoms with Crippen molar-refractivity contribution >= 4 is 17.8 Å². The Morgan fingerprint density at radius 3 is 3.09 bits per heavy atom. The van der Waals surface area contributed by atoms with Crippen LogP contribution < -0.4 is 5.01 Å². The summed E-state index contributed by atoms with van der Waals surface area (Å²) in [6.45, 7) is 0. The number of furan rings is 1. The molecular formula is C7H6N2O2. The largest absolute Gasteiger partial charge is 0.470 e. The number of anilines is 1. The molecular weight excluding hydrogens is 144 g/mol. The number of amides is 1. The first-order valence-electron chi connectivity index (χ1n) is 3.25. The number of carbonyl (C=O) groups is 1. The third-order valence-electron chi connectivity index (χ3n) is 1.45. The normalized spacial score (nSPS) is 16.4. The Morgan fingerprint density at radius 2 is 2.55 bits per heavy atom. The number of hydrogen-bond donors (Lipinski definition) is 0. The Balaban J connectivity index is 2.30. The molecule has 4 heteroatoms. The minimum Gasteiger partial charge on any atom is -0.470 e. The maximum absolute atomic E-state index is 11.0. The molecule has 1 aliphatic heterocycles. The van der Waals surface area contributed by atoms with Gasteiger partial charge in [-0.25, -0.2) is 0 Å². The summed E-state index contributed by atoms with van der Waals surface area (Å²) in [6.07, 6.45) is 4.96. The topological polar surface area (TPSA) is 45.8 Å². The van der Waals surface area contributed by atoms with E-state index < -0.39 is 0 Å². The van der Waals surface area contributed by atoms with Crippen molar-refractivity contribution in [3.63, 3.8) is 0 Å². The summed E-state index contributed by atoms with van der Waals surface area (Å²) in [5.41, 5.74) is 0.684. The molecule has 0 bridgehead atoms. The molecule has 1 aromatic rings. The van der Waals surface area contributed by atoms with Gasteiger partial charge in [0.15, 0.2) is 0 Å². The molecule has 2 heterocycles. The summed E-state index contributed by atoms with van der Waals surface area (Å²) in [6, 6.07) is 1.69. The van der Waals surface area contributed by atoms with E-state index in [0.717, 1.165) is 0 Å². The smallest absolute Gasteiger partial charge is 0.252 e. The Kier molecular flexibility index (Phi) is 1.25. The van der Waals surface area contributed by atoms with Gasteiger partial charge in [0.1, 0.15) is 12.0 Å². The molecule has 0 radical (unpaired) electrons. The van der Waals surface area contributed by atoms with Crippen molar-refractivity contribution in [1.29, 1.82) is 0 Å². The van der Waals surface area contributed by atoms with Gasteiger partial charge in [-0.3, -0.25) is 4.79 Å². The number of carbonyl (C=O) groups excluding carboxylic acids is 1. The molecule has 2 rings (SSSR count). The Hall–Kier alpha value is -1.58. The average molecular weight is 150 g/mol. The second kappa shape index (κ2) is 2.23. The zero-order valence-corrected chi connectivity index (χ0v) is 5.73. The van der Waals surface area contributed by atoms with E-state index in [2.05, 4.69) is 5.10 Å². The molecule has 1 amide bonds. The second-order valence-corrected chi connectivity index (χ2v) is 2.19. The van der Waals surface area contributed by atoms with E-state index in [0.29, 0.717) is 12.1 Å². The van der Waals surface area contributed by atoms with E-state index in [9.17, 15) is 4.79 Å². The first-order chi connectivity index (χ1) is 5.38. The van der Waals surface area contributed by atoms with Gasteiger partial charge in [0.25, 0.3) is 5.91 Å². The minimum atomic E-state index is -0.0219. The lowest BCUT2D eigenvalue weighted by Gasteiger charge is -2.06. The van der Waals surface area contributed by atoms with Crippen LogP contribution in [-0.4, -0.2) is 12.1 Å². The Morgan fingerprint density at radius 1 is 1.64 bits per heavy atom. The first-order valence-corrected chi connectivity index (χ1v) is 3.25. The highest BCUT2D eigenvalue weighted by Gasteiger charge is 2.18. The molecule has 0 saturated carbocycles. The average Bonchev–Trinajstić information content (AvgIpc) is 2.55. The number of nitrogens with zero attached hydrogens (tertiary/aromatic N) is 2. The first kappa shape index (κ1) is 6.15. The van der Waals surface area contributed by atoms with E-state index in [1.54, 1.807) is 12.3 Å². The predicted molar refractivity (Wildman–Crippen MR) is 39.3 cm³/mol. The van der Waals surface area contributed by atoms with Crippen LogP contribution in [0.3, 0.4) is 0 Å². The van der Waals surface area contributed by atoms with E-state index in [1.165, 1.54) is 17.5 Å². The summed E-state index contributed by atoms with van der Waals surface area (Å²) < 4.78 is 4.81. The van der Waals surface area contributed by atoms with Gasteiger partial charge in [0.2, 0.25) is 0 Å². The summed E-state index contributed by atoms with van der Waals surface area (Å²) in [5, 5.41) is 5.18. The van der Waals surface area contributed by atoms with E-state index in [-0.39, 0.29) is 5.91 Å². The summed E-state index contributed by atoms with van der Waals surface area (Å²) in [5.74, 6) is -0.0219. The van der Waals surface area contributed by atoms with Crippen molar-refractivity contribution in [1.82, 2.24) is 0 Å².